The molecular weight excluding hydrogens is 440 g/mol. The molecule has 0 aliphatic rings. The summed E-state index contributed by atoms with van der Waals surface area (Å²) in [5, 5.41) is 14.5. The van der Waals surface area contributed by atoms with Crippen LogP contribution < -0.4 is 5.56 Å². The Morgan fingerprint density at radius 3 is 2.88 bits per heavy atom. The third-order valence-electron chi connectivity index (χ3n) is 5.16. The monoisotopic (exact) mass is 454 g/mol. The lowest BCUT2D eigenvalue weighted by molar-refractivity contribution is -0.139. The molecule has 0 aliphatic heterocycles. The normalized spacial score (nSPS) is 11.9. The molecule has 0 atom stereocenters. The zero-order valence-electron chi connectivity index (χ0n) is 17.0. The van der Waals surface area contributed by atoms with E-state index in [4.69, 9.17) is 4.74 Å². The molecule has 6 rings (SSSR count). The lowest BCUT2D eigenvalue weighted by Crippen LogP contribution is -2.15. The fourth-order valence-electron chi connectivity index (χ4n) is 3.64. The Bertz CT molecular complexity index is 1780. The molecule has 0 radical (unpaired) electrons. The van der Waals surface area contributed by atoms with Crippen molar-refractivity contribution in [2.75, 3.05) is 0 Å². The number of esters is 1. The predicted octanol–water partition coefficient (Wildman–Crippen LogP) is 3.26. The van der Waals surface area contributed by atoms with Crippen molar-refractivity contribution in [2.45, 2.75) is 6.61 Å². The molecule has 0 saturated carbocycles. The van der Waals surface area contributed by atoms with Crippen LogP contribution >= 0.6 is 11.3 Å². The van der Waals surface area contributed by atoms with E-state index in [-0.39, 0.29) is 12.2 Å². The fraction of sp³-hybridized carbons (Fsp3) is 0.0435. The second kappa shape index (κ2) is 7.61. The van der Waals surface area contributed by atoms with Gasteiger partial charge in [0.15, 0.2) is 16.4 Å². The summed E-state index contributed by atoms with van der Waals surface area (Å²) >= 11 is 1.41. The Morgan fingerprint density at radius 1 is 1.09 bits per heavy atom. The van der Waals surface area contributed by atoms with Gasteiger partial charge in [-0.2, -0.15) is 9.61 Å². The van der Waals surface area contributed by atoms with Crippen molar-refractivity contribution >= 4 is 55.0 Å². The van der Waals surface area contributed by atoms with Crippen LogP contribution in [0.25, 0.3) is 37.7 Å². The van der Waals surface area contributed by atoms with Gasteiger partial charge in [-0.05, 0) is 18.2 Å². The van der Waals surface area contributed by atoms with Gasteiger partial charge in [0.1, 0.15) is 6.61 Å². The first-order valence-electron chi connectivity index (χ1n) is 10.0. The molecule has 6 aromatic rings. The number of carbonyl (C=O) groups is 1. The standard InChI is InChI=1S/C23H14N6O3S/c30-20-11-15(25-23-28(20)17-7-3-4-8-18(17)33-23)13-32-21(31)10-9-19-26-27-22-16-6-2-1-5-14(16)12-24-29(19)22/h1-12H,13H2. The van der Waals surface area contributed by atoms with E-state index in [0.29, 0.717) is 22.1 Å². The maximum atomic E-state index is 12.6. The van der Waals surface area contributed by atoms with E-state index in [9.17, 15) is 9.59 Å². The molecule has 2 aromatic carbocycles. The number of hydrogen-bond acceptors (Lipinski definition) is 8. The third kappa shape index (κ3) is 3.33. The maximum Gasteiger partial charge on any atom is 0.331 e. The summed E-state index contributed by atoms with van der Waals surface area (Å²) in [5.74, 6) is -0.193. The molecule has 10 heteroatoms. The molecule has 0 N–H and O–H groups in total. The molecule has 160 valence electrons. The van der Waals surface area contributed by atoms with Crippen molar-refractivity contribution in [3.05, 3.63) is 88.7 Å². The van der Waals surface area contributed by atoms with E-state index in [1.807, 2.05) is 48.5 Å². The predicted molar refractivity (Wildman–Crippen MR) is 124 cm³/mol. The van der Waals surface area contributed by atoms with Gasteiger partial charge in [-0.1, -0.05) is 47.7 Å². The van der Waals surface area contributed by atoms with Gasteiger partial charge < -0.3 is 4.74 Å². The van der Waals surface area contributed by atoms with Crippen molar-refractivity contribution in [1.82, 2.24) is 29.2 Å². The van der Waals surface area contributed by atoms with Crippen LogP contribution in [-0.2, 0) is 16.1 Å². The van der Waals surface area contributed by atoms with Crippen molar-refractivity contribution in [3.63, 3.8) is 0 Å². The average Bonchev–Trinajstić information content (AvgIpc) is 3.43. The number of carbonyl (C=O) groups excluding carboxylic acids is 1. The first-order valence-corrected chi connectivity index (χ1v) is 10.8. The highest BCUT2D eigenvalue weighted by Crippen LogP contribution is 2.23. The van der Waals surface area contributed by atoms with Crippen molar-refractivity contribution < 1.29 is 9.53 Å². The second-order valence-corrected chi connectivity index (χ2v) is 8.25. The minimum Gasteiger partial charge on any atom is -0.456 e. The topological polar surface area (TPSA) is 104 Å². The van der Waals surface area contributed by atoms with Crippen LogP contribution in [0.5, 0.6) is 0 Å². The van der Waals surface area contributed by atoms with Crippen LogP contribution in [-0.4, -0.2) is 35.2 Å². The highest BCUT2D eigenvalue weighted by atomic mass is 32.1. The number of para-hydroxylation sites is 1. The number of fused-ring (bicyclic) bond motifs is 6. The van der Waals surface area contributed by atoms with Gasteiger partial charge in [0.2, 0.25) is 0 Å². The number of nitrogens with zero attached hydrogens (tertiary/aromatic N) is 6. The number of benzene rings is 2. The summed E-state index contributed by atoms with van der Waals surface area (Å²) in [4.78, 5) is 29.8. The molecule has 9 nitrogen and oxygen atoms in total. The highest BCUT2D eigenvalue weighted by Gasteiger charge is 2.11. The lowest BCUT2D eigenvalue weighted by atomic mass is 10.2. The largest absolute Gasteiger partial charge is 0.456 e. The number of hydrogen-bond donors (Lipinski definition) is 0. The van der Waals surface area contributed by atoms with Crippen molar-refractivity contribution in [2.24, 2.45) is 0 Å². The number of aromatic nitrogens is 6. The smallest absolute Gasteiger partial charge is 0.331 e. The summed E-state index contributed by atoms with van der Waals surface area (Å²) in [7, 11) is 0. The molecule has 33 heavy (non-hydrogen) atoms. The summed E-state index contributed by atoms with van der Waals surface area (Å²) in [5.41, 5.74) is 1.58. The Labute approximate surface area is 189 Å². The Balaban J connectivity index is 1.22. The molecule has 0 aliphatic carbocycles. The van der Waals surface area contributed by atoms with Gasteiger partial charge in [0.25, 0.3) is 5.56 Å². The lowest BCUT2D eigenvalue weighted by Gasteiger charge is -2.02. The van der Waals surface area contributed by atoms with Crippen LogP contribution in [0.1, 0.15) is 11.5 Å². The maximum absolute atomic E-state index is 12.6. The number of ether oxygens (including phenoxy) is 1. The minimum absolute atomic E-state index is 0.118. The zero-order chi connectivity index (χ0) is 22.4. The Morgan fingerprint density at radius 2 is 1.94 bits per heavy atom. The zero-order valence-corrected chi connectivity index (χ0v) is 17.8. The van der Waals surface area contributed by atoms with E-state index in [2.05, 4.69) is 20.3 Å². The molecule has 0 bridgehead atoms. The molecule has 4 aromatic heterocycles. The fourth-order valence-corrected chi connectivity index (χ4v) is 4.69. The van der Waals surface area contributed by atoms with Gasteiger partial charge in [0.05, 0.1) is 22.1 Å². The van der Waals surface area contributed by atoms with Gasteiger partial charge in [-0.3, -0.25) is 9.20 Å². The van der Waals surface area contributed by atoms with Gasteiger partial charge in [0, 0.05) is 22.9 Å². The van der Waals surface area contributed by atoms with E-state index in [0.717, 1.165) is 21.0 Å². The number of thiazole rings is 1. The van der Waals surface area contributed by atoms with Crippen LogP contribution in [0.2, 0.25) is 0 Å². The van der Waals surface area contributed by atoms with Crippen LogP contribution in [0, 0.1) is 0 Å². The molecule has 0 unspecified atom stereocenters. The van der Waals surface area contributed by atoms with E-state index in [1.54, 1.807) is 15.1 Å². The van der Waals surface area contributed by atoms with E-state index in [1.165, 1.54) is 29.6 Å². The van der Waals surface area contributed by atoms with E-state index >= 15 is 0 Å². The Hall–Kier alpha value is -4.44. The van der Waals surface area contributed by atoms with E-state index < -0.39 is 5.97 Å². The van der Waals surface area contributed by atoms with Crippen LogP contribution in [0.3, 0.4) is 0 Å². The first-order chi connectivity index (χ1) is 16.2. The minimum atomic E-state index is -0.592. The first kappa shape index (κ1) is 19.3. The third-order valence-corrected chi connectivity index (χ3v) is 6.18. The highest BCUT2D eigenvalue weighted by molar-refractivity contribution is 7.23. The van der Waals surface area contributed by atoms with Gasteiger partial charge in [-0.15, -0.1) is 10.2 Å². The summed E-state index contributed by atoms with van der Waals surface area (Å²) in [6.45, 7) is -0.118. The average molecular weight is 454 g/mol. The van der Waals surface area contributed by atoms with Gasteiger partial charge >= 0.3 is 5.97 Å². The molecular formula is C23H14N6O3S. The van der Waals surface area contributed by atoms with Crippen LogP contribution in [0.15, 0.2) is 71.7 Å². The SMILES string of the molecule is O=C(C=Cc1nnc2c3ccccc3cnn12)OCc1cc(=O)n2c(n1)sc1ccccc12. The van der Waals surface area contributed by atoms with Crippen LogP contribution in [0.4, 0.5) is 0 Å². The Kier molecular flexibility index (Phi) is 4.44. The quantitative estimate of drug-likeness (QED) is 0.297. The summed E-state index contributed by atoms with van der Waals surface area (Å²) < 4.78 is 9.35. The van der Waals surface area contributed by atoms with Gasteiger partial charge in [-0.25, -0.2) is 9.78 Å². The molecule has 0 spiro atoms. The molecule has 0 amide bonds. The molecule has 0 fully saturated rings. The van der Waals surface area contributed by atoms with Crippen molar-refractivity contribution in [1.29, 1.82) is 0 Å². The van der Waals surface area contributed by atoms with Crippen molar-refractivity contribution in [3.8, 4) is 0 Å². The molecule has 0 saturated heterocycles. The summed E-state index contributed by atoms with van der Waals surface area (Å²) in [6, 6.07) is 16.7. The number of rotatable bonds is 4. The molecule has 4 heterocycles. The summed E-state index contributed by atoms with van der Waals surface area (Å²) in [6.07, 6.45) is 4.45. The second-order valence-electron chi connectivity index (χ2n) is 7.24.